The van der Waals surface area contributed by atoms with Crippen LogP contribution in [0.3, 0.4) is 0 Å². The summed E-state index contributed by atoms with van der Waals surface area (Å²) >= 11 is 0. The van der Waals surface area contributed by atoms with Gasteiger partial charge in [-0.1, -0.05) is 0 Å². The van der Waals surface area contributed by atoms with E-state index in [4.69, 9.17) is 0 Å². The Kier molecular flexibility index (Phi) is 5.11. The number of rotatable bonds is 3. The SMILES string of the molecule is Cn1cc(C(=O)N2CCN(S(=O)(=O)c3ccc(F)c(F)c3)CC2)ccc1=O. The smallest absolute Gasteiger partial charge is 0.255 e. The number of halogens is 2. The van der Waals surface area contributed by atoms with Gasteiger partial charge in [-0.05, 0) is 24.3 Å². The Hall–Kier alpha value is -2.59. The summed E-state index contributed by atoms with van der Waals surface area (Å²) in [7, 11) is -2.45. The highest BCUT2D eigenvalue weighted by Gasteiger charge is 2.31. The van der Waals surface area contributed by atoms with Gasteiger partial charge in [-0.15, -0.1) is 0 Å². The zero-order chi connectivity index (χ0) is 19.8. The Balaban J connectivity index is 1.72. The van der Waals surface area contributed by atoms with E-state index in [1.54, 1.807) is 0 Å². The van der Waals surface area contributed by atoms with Crippen LogP contribution >= 0.6 is 0 Å². The van der Waals surface area contributed by atoms with Gasteiger partial charge in [0.1, 0.15) is 0 Å². The maximum atomic E-state index is 13.4. The molecule has 1 fully saturated rings. The molecule has 0 atom stereocenters. The highest BCUT2D eigenvalue weighted by molar-refractivity contribution is 7.89. The molecular weight excluding hydrogens is 380 g/mol. The van der Waals surface area contributed by atoms with E-state index in [1.165, 1.54) is 34.8 Å². The number of benzene rings is 1. The molecule has 27 heavy (non-hydrogen) atoms. The molecule has 0 saturated carbocycles. The van der Waals surface area contributed by atoms with Crippen molar-refractivity contribution < 1.29 is 22.0 Å². The monoisotopic (exact) mass is 397 g/mol. The standard InChI is InChI=1S/C17H17F2N3O4S/c1-20-11-12(2-5-16(20)23)17(24)21-6-8-22(9-7-21)27(25,26)13-3-4-14(18)15(19)10-13/h2-5,10-11H,6-9H2,1H3. The second kappa shape index (κ2) is 7.20. The first kappa shape index (κ1) is 19.2. The molecule has 0 spiro atoms. The third-order valence-electron chi connectivity index (χ3n) is 4.39. The molecule has 1 saturated heterocycles. The van der Waals surface area contributed by atoms with E-state index in [-0.39, 0.29) is 42.5 Å². The third-order valence-corrected chi connectivity index (χ3v) is 6.28. The summed E-state index contributed by atoms with van der Waals surface area (Å²) in [6.07, 6.45) is 1.43. The van der Waals surface area contributed by atoms with Crippen LogP contribution in [0.5, 0.6) is 0 Å². The fourth-order valence-electron chi connectivity index (χ4n) is 2.82. The number of hydrogen-bond donors (Lipinski definition) is 0. The average Bonchev–Trinajstić information content (AvgIpc) is 2.65. The molecule has 0 N–H and O–H groups in total. The van der Waals surface area contributed by atoms with Gasteiger partial charge in [-0.3, -0.25) is 9.59 Å². The van der Waals surface area contributed by atoms with Gasteiger partial charge < -0.3 is 9.47 Å². The highest BCUT2D eigenvalue weighted by atomic mass is 32.2. The van der Waals surface area contributed by atoms with Crippen molar-refractivity contribution in [1.82, 2.24) is 13.8 Å². The summed E-state index contributed by atoms with van der Waals surface area (Å²) in [5.41, 5.74) is 0.0861. The predicted octanol–water partition coefficient (Wildman–Crippen LogP) is 0.810. The maximum absolute atomic E-state index is 13.4. The molecule has 1 aliphatic rings. The zero-order valence-electron chi connectivity index (χ0n) is 14.4. The van der Waals surface area contributed by atoms with Crippen molar-refractivity contribution in [3.05, 3.63) is 64.1 Å². The molecule has 0 radical (unpaired) electrons. The van der Waals surface area contributed by atoms with Gasteiger partial charge in [0.2, 0.25) is 15.6 Å². The predicted molar refractivity (Wildman–Crippen MR) is 92.7 cm³/mol. The van der Waals surface area contributed by atoms with Gasteiger partial charge in [0.15, 0.2) is 11.6 Å². The molecule has 3 rings (SSSR count). The number of nitrogens with zero attached hydrogens (tertiary/aromatic N) is 3. The number of amides is 1. The first-order valence-corrected chi connectivity index (χ1v) is 9.55. The topological polar surface area (TPSA) is 79.7 Å². The second-order valence-corrected chi connectivity index (χ2v) is 8.08. The van der Waals surface area contributed by atoms with E-state index in [9.17, 15) is 26.8 Å². The quantitative estimate of drug-likeness (QED) is 0.768. The third kappa shape index (κ3) is 3.76. The van der Waals surface area contributed by atoms with Crippen LogP contribution < -0.4 is 5.56 Å². The van der Waals surface area contributed by atoms with E-state index in [1.807, 2.05) is 0 Å². The summed E-state index contributed by atoms with van der Waals surface area (Å²) in [5.74, 6) is -2.67. The number of aromatic nitrogens is 1. The number of hydrogen-bond acceptors (Lipinski definition) is 4. The molecule has 1 aliphatic heterocycles. The van der Waals surface area contributed by atoms with E-state index >= 15 is 0 Å². The molecule has 144 valence electrons. The lowest BCUT2D eigenvalue weighted by Crippen LogP contribution is -2.50. The highest BCUT2D eigenvalue weighted by Crippen LogP contribution is 2.20. The first-order valence-electron chi connectivity index (χ1n) is 8.11. The molecule has 2 aromatic rings. The fourth-order valence-corrected chi connectivity index (χ4v) is 4.26. The Labute approximate surface area is 154 Å². The van der Waals surface area contributed by atoms with Crippen LogP contribution in [0, 0.1) is 11.6 Å². The number of piperazine rings is 1. The summed E-state index contributed by atoms with van der Waals surface area (Å²) in [6.45, 7) is 0.340. The molecule has 1 aromatic heterocycles. The summed E-state index contributed by atoms with van der Waals surface area (Å²) < 4.78 is 54.0. The number of carbonyl (C=O) groups excluding carboxylic acids is 1. The van der Waals surface area contributed by atoms with Crippen LogP contribution in [0.1, 0.15) is 10.4 Å². The van der Waals surface area contributed by atoms with Crippen molar-refractivity contribution >= 4 is 15.9 Å². The lowest BCUT2D eigenvalue weighted by atomic mass is 10.2. The van der Waals surface area contributed by atoms with E-state index in [2.05, 4.69) is 0 Å². The largest absolute Gasteiger partial charge is 0.336 e. The number of pyridine rings is 1. The van der Waals surface area contributed by atoms with Gasteiger partial charge in [0, 0.05) is 45.5 Å². The van der Waals surface area contributed by atoms with Gasteiger partial charge in [-0.2, -0.15) is 4.31 Å². The normalized spacial score (nSPS) is 15.7. The molecule has 0 unspecified atom stereocenters. The van der Waals surface area contributed by atoms with E-state index in [0.717, 1.165) is 16.4 Å². The van der Waals surface area contributed by atoms with Crippen molar-refractivity contribution in [2.45, 2.75) is 4.90 Å². The molecule has 1 amide bonds. The Morgan fingerprint density at radius 2 is 1.67 bits per heavy atom. The van der Waals surface area contributed by atoms with Gasteiger partial charge in [0.25, 0.3) is 5.91 Å². The summed E-state index contributed by atoms with van der Waals surface area (Å²) in [4.78, 5) is 25.1. The molecular formula is C17H17F2N3O4S. The van der Waals surface area contributed by atoms with Crippen molar-refractivity contribution in [2.24, 2.45) is 7.05 Å². The van der Waals surface area contributed by atoms with Crippen LogP contribution in [-0.4, -0.2) is 54.3 Å². The van der Waals surface area contributed by atoms with Gasteiger partial charge >= 0.3 is 0 Å². The molecule has 10 heteroatoms. The average molecular weight is 397 g/mol. The van der Waals surface area contributed by atoms with Crippen molar-refractivity contribution in [3.63, 3.8) is 0 Å². The van der Waals surface area contributed by atoms with Crippen molar-refractivity contribution in [1.29, 1.82) is 0 Å². The van der Waals surface area contributed by atoms with Crippen LogP contribution in [0.2, 0.25) is 0 Å². The van der Waals surface area contributed by atoms with Crippen molar-refractivity contribution in [3.8, 4) is 0 Å². The summed E-state index contributed by atoms with van der Waals surface area (Å²) in [5, 5.41) is 0. The lowest BCUT2D eigenvalue weighted by Gasteiger charge is -2.34. The minimum Gasteiger partial charge on any atom is -0.336 e. The maximum Gasteiger partial charge on any atom is 0.255 e. The van der Waals surface area contributed by atoms with Crippen LogP contribution in [0.25, 0.3) is 0 Å². The molecule has 1 aromatic carbocycles. The van der Waals surface area contributed by atoms with Crippen LogP contribution in [0.15, 0.2) is 46.2 Å². The molecule has 0 aliphatic carbocycles. The lowest BCUT2D eigenvalue weighted by molar-refractivity contribution is 0.0697. The van der Waals surface area contributed by atoms with Crippen molar-refractivity contribution in [2.75, 3.05) is 26.2 Å². The fraction of sp³-hybridized carbons (Fsp3) is 0.294. The molecule has 2 heterocycles. The zero-order valence-corrected chi connectivity index (χ0v) is 15.2. The second-order valence-electron chi connectivity index (χ2n) is 6.14. The summed E-state index contributed by atoms with van der Waals surface area (Å²) in [6, 6.07) is 5.14. The van der Waals surface area contributed by atoms with Gasteiger partial charge in [-0.25, -0.2) is 17.2 Å². The minimum absolute atomic E-state index is 0.0266. The number of carbonyl (C=O) groups is 1. The Bertz CT molecular complexity index is 1040. The minimum atomic E-state index is -3.98. The first-order chi connectivity index (χ1) is 12.7. The Morgan fingerprint density at radius 3 is 2.26 bits per heavy atom. The van der Waals surface area contributed by atoms with Gasteiger partial charge in [0.05, 0.1) is 10.5 Å². The number of sulfonamides is 1. The van der Waals surface area contributed by atoms with Crippen LogP contribution in [-0.2, 0) is 17.1 Å². The van der Waals surface area contributed by atoms with E-state index < -0.39 is 21.7 Å². The molecule has 7 nitrogen and oxygen atoms in total. The Morgan fingerprint density at radius 1 is 1.00 bits per heavy atom. The van der Waals surface area contributed by atoms with Crippen LogP contribution in [0.4, 0.5) is 8.78 Å². The molecule has 0 bridgehead atoms. The number of aryl methyl sites for hydroxylation is 1. The van der Waals surface area contributed by atoms with E-state index in [0.29, 0.717) is 11.6 Å².